The standard InChI is InChI=1S/C7H10BrN3O2/c1-9-2-3-11-4-5(8)6(12)10-7(11)13/h4,9H,2-3H2,1H3,(H,10,12,13). The van der Waals surface area contributed by atoms with Gasteiger partial charge in [-0.2, -0.15) is 0 Å². The summed E-state index contributed by atoms with van der Waals surface area (Å²) < 4.78 is 1.80. The van der Waals surface area contributed by atoms with E-state index < -0.39 is 5.56 Å². The van der Waals surface area contributed by atoms with E-state index in [1.165, 1.54) is 10.8 Å². The molecule has 0 saturated carbocycles. The number of hydrogen-bond acceptors (Lipinski definition) is 3. The monoisotopic (exact) mass is 247 g/mol. The largest absolute Gasteiger partial charge is 0.328 e. The van der Waals surface area contributed by atoms with Crippen molar-refractivity contribution in [1.82, 2.24) is 14.9 Å². The Morgan fingerprint density at radius 3 is 2.92 bits per heavy atom. The summed E-state index contributed by atoms with van der Waals surface area (Å²) in [6, 6.07) is 0. The van der Waals surface area contributed by atoms with Crippen LogP contribution in [0.15, 0.2) is 20.3 Å². The Kier molecular flexibility index (Phi) is 3.44. The Labute approximate surface area is 82.9 Å². The predicted octanol–water partition coefficient (Wildman–Crippen LogP) is -0.482. The van der Waals surface area contributed by atoms with Crippen molar-refractivity contribution in [3.63, 3.8) is 0 Å². The minimum atomic E-state index is -0.397. The highest BCUT2D eigenvalue weighted by Crippen LogP contribution is 1.96. The van der Waals surface area contributed by atoms with Crippen LogP contribution in [0.1, 0.15) is 0 Å². The Morgan fingerprint density at radius 1 is 1.62 bits per heavy atom. The van der Waals surface area contributed by atoms with Gasteiger partial charge in [-0.25, -0.2) is 4.79 Å². The summed E-state index contributed by atoms with van der Waals surface area (Å²) in [5, 5.41) is 2.91. The van der Waals surface area contributed by atoms with Gasteiger partial charge in [0.05, 0.1) is 4.47 Å². The second kappa shape index (κ2) is 4.38. The van der Waals surface area contributed by atoms with Crippen LogP contribution in [-0.4, -0.2) is 23.1 Å². The molecule has 1 aromatic heterocycles. The van der Waals surface area contributed by atoms with Gasteiger partial charge in [-0.15, -0.1) is 0 Å². The molecule has 1 heterocycles. The van der Waals surface area contributed by atoms with Crippen LogP contribution >= 0.6 is 15.9 Å². The third kappa shape index (κ3) is 2.53. The molecule has 0 spiro atoms. The molecule has 0 radical (unpaired) electrons. The van der Waals surface area contributed by atoms with Gasteiger partial charge >= 0.3 is 5.69 Å². The van der Waals surface area contributed by atoms with E-state index in [1.54, 1.807) is 7.05 Å². The molecular weight excluding hydrogens is 238 g/mol. The zero-order valence-corrected chi connectivity index (χ0v) is 8.72. The lowest BCUT2D eigenvalue weighted by molar-refractivity contribution is 0.607. The number of aromatic nitrogens is 2. The van der Waals surface area contributed by atoms with Gasteiger partial charge in [0.1, 0.15) is 0 Å². The summed E-state index contributed by atoms with van der Waals surface area (Å²) in [5.41, 5.74) is -0.783. The van der Waals surface area contributed by atoms with Crippen molar-refractivity contribution in [2.45, 2.75) is 6.54 Å². The van der Waals surface area contributed by atoms with Gasteiger partial charge in [-0.05, 0) is 23.0 Å². The number of nitrogens with zero attached hydrogens (tertiary/aromatic N) is 1. The third-order valence-corrected chi connectivity index (χ3v) is 2.13. The summed E-state index contributed by atoms with van der Waals surface area (Å²) in [5.74, 6) is 0. The molecule has 0 saturated heterocycles. The smallest absolute Gasteiger partial charge is 0.318 e. The summed E-state index contributed by atoms with van der Waals surface area (Å²) >= 11 is 3.05. The molecule has 0 amide bonds. The zero-order valence-electron chi connectivity index (χ0n) is 7.13. The molecule has 0 unspecified atom stereocenters. The van der Waals surface area contributed by atoms with E-state index >= 15 is 0 Å². The van der Waals surface area contributed by atoms with Crippen molar-refractivity contribution in [2.75, 3.05) is 13.6 Å². The average Bonchev–Trinajstić information content (AvgIpc) is 2.09. The van der Waals surface area contributed by atoms with Crippen LogP contribution < -0.4 is 16.6 Å². The summed E-state index contributed by atoms with van der Waals surface area (Å²) in [6.07, 6.45) is 1.48. The van der Waals surface area contributed by atoms with Crippen LogP contribution in [0.25, 0.3) is 0 Å². The van der Waals surface area contributed by atoms with Crippen LogP contribution in [0, 0.1) is 0 Å². The fourth-order valence-electron chi connectivity index (χ4n) is 0.881. The highest BCUT2D eigenvalue weighted by molar-refractivity contribution is 9.10. The quantitative estimate of drug-likeness (QED) is 0.759. The predicted molar refractivity (Wildman–Crippen MR) is 52.9 cm³/mol. The maximum absolute atomic E-state index is 11.2. The molecule has 0 atom stereocenters. The zero-order chi connectivity index (χ0) is 9.84. The van der Waals surface area contributed by atoms with Crippen molar-refractivity contribution in [2.24, 2.45) is 0 Å². The average molecular weight is 248 g/mol. The Morgan fingerprint density at radius 2 is 2.31 bits per heavy atom. The normalized spacial score (nSPS) is 10.3. The molecule has 0 bridgehead atoms. The molecule has 0 aliphatic heterocycles. The van der Waals surface area contributed by atoms with Gasteiger partial charge in [-0.3, -0.25) is 14.3 Å². The van der Waals surface area contributed by atoms with Gasteiger partial charge in [0.15, 0.2) is 0 Å². The Bertz CT molecular complexity index is 395. The first kappa shape index (κ1) is 10.2. The second-order valence-electron chi connectivity index (χ2n) is 2.53. The molecule has 2 N–H and O–H groups in total. The molecule has 6 heteroatoms. The lowest BCUT2D eigenvalue weighted by Gasteiger charge is -2.03. The molecule has 1 rings (SSSR count). The van der Waals surface area contributed by atoms with E-state index in [2.05, 4.69) is 26.2 Å². The maximum Gasteiger partial charge on any atom is 0.328 e. The lowest BCUT2D eigenvalue weighted by atomic mass is 10.5. The molecule has 1 aromatic rings. The Hall–Kier alpha value is -0.880. The molecule has 5 nitrogen and oxygen atoms in total. The van der Waals surface area contributed by atoms with Crippen LogP contribution in [0.4, 0.5) is 0 Å². The van der Waals surface area contributed by atoms with E-state index in [-0.39, 0.29) is 5.69 Å². The van der Waals surface area contributed by atoms with E-state index in [0.29, 0.717) is 17.6 Å². The van der Waals surface area contributed by atoms with Crippen LogP contribution in [0.3, 0.4) is 0 Å². The van der Waals surface area contributed by atoms with Gasteiger partial charge in [0.25, 0.3) is 5.56 Å². The first-order valence-electron chi connectivity index (χ1n) is 3.79. The minimum absolute atomic E-state index is 0.364. The van der Waals surface area contributed by atoms with E-state index in [0.717, 1.165) is 0 Å². The van der Waals surface area contributed by atoms with Crippen LogP contribution in [-0.2, 0) is 6.54 Å². The van der Waals surface area contributed by atoms with E-state index in [9.17, 15) is 9.59 Å². The van der Waals surface area contributed by atoms with E-state index in [4.69, 9.17) is 0 Å². The van der Waals surface area contributed by atoms with Crippen molar-refractivity contribution >= 4 is 15.9 Å². The number of nitrogens with one attached hydrogen (secondary N) is 2. The number of likely N-dealkylation sites (N-methyl/N-ethyl adjacent to an activating group) is 1. The highest BCUT2D eigenvalue weighted by Gasteiger charge is 2.00. The second-order valence-corrected chi connectivity index (χ2v) is 3.39. The van der Waals surface area contributed by atoms with Gasteiger partial charge in [0, 0.05) is 19.3 Å². The number of hydrogen-bond donors (Lipinski definition) is 2. The molecule has 13 heavy (non-hydrogen) atoms. The summed E-state index contributed by atoms with van der Waals surface area (Å²) in [4.78, 5) is 24.3. The maximum atomic E-state index is 11.2. The number of rotatable bonds is 3. The van der Waals surface area contributed by atoms with Gasteiger partial charge in [0.2, 0.25) is 0 Å². The van der Waals surface area contributed by atoms with Crippen molar-refractivity contribution in [1.29, 1.82) is 0 Å². The van der Waals surface area contributed by atoms with Crippen LogP contribution in [0.2, 0.25) is 0 Å². The van der Waals surface area contributed by atoms with Gasteiger partial charge in [-0.1, -0.05) is 0 Å². The third-order valence-electron chi connectivity index (χ3n) is 1.57. The first-order chi connectivity index (χ1) is 6.15. The SMILES string of the molecule is CNCCn1cc(Br)c(=O)[nH]c1=O. The van der Waals surface area contributed by atoms with Crippen molar-refractivity contribution < 1.29 is 0 Å². The lowest BCUT2D eigenvalue weighted by Crippen LogP contribution is -2.32. The fourth-order valence-corrected chi connectivity index (χ4v) is 1.23. The highest BCUT2D eigenvalue weighted by atomic mass is 79.9. The van der Waals surface area contributed by atoms with Crippen LogP contribution in [0.5, 0.6) is 0 Å². The van der Waals surface area contributed by atoms with Crippen molar-refractivity contribution in [3.8, 4) is 0 Å². The summed E-state index contributed by atoms with van der Waals surface area (Å²) in [6.45, 7) is 1.21. The number of H-pyrrole nitrogens is 1. The molecule has 0 fully saturated rings. The topological polar surface area (TPSA) is 66.9 Å². The molecule has 72 valence electrons. The molecule has 0 aromatic carbocycles. The Balaban J connectivity index is 3.02. The fraction of sp³-hybridized carbons (Fsp3) is 0.429. The van der Waals surface area contributed by atoms with E-state index in [1.807, 2.05) is 0 Å². The summed E-state index contributed by atoms with van der Waals surface area (Å²) in [7, 11) is 1.80. The number of aromatic amines is 1. The number of halogens is 1. The molecular formula is C7H10BrN3O2. The molecule has 0 aliphatic rings. The molecule has 0 aliphatic carbocycles. The van der Waals surface area contributed by atoms with Crippen molar-refractivity contribution in [3.05, 3.63) is 31.5 Å². The van der Waals surface area contributed by atoms with Gasteiger partial charge < -0.3 is 5.32 Å². The minimum Gasteiger partial charge on any atom is -0.318 e. The first-order valence-corrected chi connectivity index (χ1v) is 4.58.